The van der Waals surface area contributed by atoms with E-state index in [0.717, 1.165) is 18.4 Å². The van der Waals surface area contributed by atoms with E-state index in [-0.39, 0.29) is 17.4 Å². The minimum atomic E-state index is -0.419. The molecule has 2 aliphatic rings. The lowest BCUT2D eigenvalue weighted by Crippen LogP contribution is -2.03. The van der Waals surface area contributed by atoms with Gasteiger partial charge < -0.3 is 4.98 Å². The molecule has 0 saturated heterocycles. The van der Waals surface area contributed by atoms with E-state index in [1.807, 2.05) is 0 Å². The number of nitrogens with zero attached hydrogens (tertiary/aromatic N) is 1. The Hall–Kier alpha value is -2.17. The van der Waals surface area contributed by atoms with Crippen LogP contribution in [-0.2, 0) is 0 Å². The van der Waals surface area contributed by atoms with Crippen LogP contribution in [0.25, 0.3) is 10.9 Å². The molecule has 1 aromatic carbocycles. The van der Waals surface area contributed by atoms with Crippen molar-refractivity contribution in [1.82, 2.24) is 4.98 Å². The van der Waals surface area contributed by atoms with Gasteiger partial charge in [0.05, 0.1) is 4.92 Å². The number of carbonyl (C=O) groups is 1. The summed E-state index contributed by atoms with van der Waals surface area (Å²) in [5, 5.41) is 11.6. The first-order chi connectivity index (χ1) is 10.2. The third-order valence-electron chi connectivity index (χ3n) is 5.10. The van der Waals surface area contributed by atoms with Crippen LogP contribution in [0.3, 0.4) is 0 Å². The second-order valence-electron chi connectivity index (χ2n) is 6.19. The Labute approximate surface area is 121 Å². The molecule has 2 fully saturated rings. The van der Waals surface area contributed by atoms with E-state index in [1.165, 1.54) is 25.0 Å². The zero-order valence-corrected chi connectivity index (χ0v) is 11.5. The maximum atomic E-state index is 12.7. The minimum absolute atomic E-state index is 0.0318. The quantitative estimate of drug-likeness (QED) is 0.530. The highest BCUT2D eigenvalue weighted by atomic mass is 16.6. The number of hydrogen-bond donors (Lipinski definition) is 1. The number of carbonyl (C=O) groups excluding carboxylic acids is 1. The first-order valence-corrected chi connectivity index (χ1v) is 7.46. The lowest BCUT2D eigenvalue weighted by atomic mass is 10.0. The van der Waals surface area contributed by atoms with Gasteiger partial charge in [-0.25, -0.2) is 0 Å². The molecule has 1 heterocycles. The fourth-order valence-electron chi connectivity index (χ4n) is 3.99. The van der Waals surface area contributed by atoms with Crippen LogP contribution in [0.2, 0.25) is 0 Å². The van der Waals surface area contributed by atoms with Gasteiger partial charge in [-0.05, 0) is 30.7 Å². The molecule has 0 radical (unpaired) electrons. The van der Waals surface area contributed by atoms with Crippen molar-refractivity contribution in [2.75, 3.05) is 0 Å². The van der Waals surface area contributed by atoms with Crippen molar-refractivity contribution < 1.29 is 9.72 Å². The van der Waals surface area contributed by atoms with Gasteiger partial charge in [0.1, 0.15) is 0 Å². The number of rotatable bonds is 3. The molecular formula is C16H16N2O3. The maximum Gasteiger partial charge on any atom is 0.270 e. The van der Waals surface area contributed by atoms with Gasteiger partial charge >= 0.3 is 0 Å². The molecule has 5 heteroatoms. The van der Waals surface area contributed by atoms with Crippen molar-refractivity contribution in [3.05, 3.63) is 40.1 Å². The Bertz CT molecular complexity index is 737. The second-order valence-corrected chi connectivity index (χ2v) is 6.19. The Morgan fingerprint density at radius 1 is 1.24 bits per heavy atom. The number of fused-ring (bicyclic) bond motifs is 2. The number of nitro benzene ring substituents is 1. The van der Waals surface area contributed by atoms with Crippen molar-refractivity contribution in [3.63, 3.8) is 0 Å². The third-order valence-corrected chi connectivity index (χ3v) is 5.10. The highest BCUT2D eigenvalue weighted by molar-refractivity contribution is 6.10. The molecule has 21 heavy (non-hydrogen) atoms. The van der Waals surface area contributed by atoms with Crippen molar-refractivity contribution in [1.29, 1.82) is 0 Å². The number of ketones is 1. The summed E-state index contributed by atoms with van der Waals surface area (Å²) < 4.78 is 0. The fraction of sp³-hybridized carbons (Fsp3) is 0.438. The zero-order valence-electron chi connectivity index (χ0n) is 11.5. The lowest BCUT2D eigenvalue weighted by molar-refractivity contribution is -0.384. The van der Waals surface area contributed by atoms with Gasteiger partial charge in [-0.3, -0.25) is 14.9 Å². The largest absolute Gasteiger partial charge is 0.360 e. The van der Waals surface area contributed by atoms with E-state index in [9.17, 15) is 14.9 Å². The summed E-state index contributed by atoms with van der Waals surface area (Å²) in [7, 11) is 0. The number of nitro groups is 1. The molecule has 108 valence electrons. The molecule has 1 aromatic heterocycles. The average molecular weight is 284 g/mol. The van der Waals surface area contributed by atoms with E-state index in [2.05, 4.69) is 4.98 Å². The van der Waals surface area contributed by atoms with Crippen molar-refractivity contribution in [2.24, 2.45) is 17.8 Å². The van der Waals surface area contributed by atoms with Crippen molar-refractivity contribution in [3.8, 4) is 0 Å². The highest BCUT2D eigenvalue weighted by Gasteiger charge is 2.54. The Morgan fingerprint density at radius 2 is 1.95 bits per heavy atom. The molecule has 2 atom stereocenters. The number of aromatic nitrogens is 1. The molecule has 2 aromatic rings. The van der Waals surface area contributed by atoms with E-state index in [1.54, 1.807) is 12.3 Å². The van der Waals surface area contributed by atoms with Crippen LogP contribution in [0, 0.1) is 27.9 Å². The lowest BCUT2D eigenvalue weighted by Gasteiger charge is -2.04. The summed E-state index contributed by atoms with van der Waals surface area (Å²) in [6.45, 7) is 0. The molecule has 4 rings (SSSR count). The molecule has 2 aliphatic carbocycles. The van der Waals surface area contributed by atoms with Crippen LogP contribution in [0.1, 0.15) is 36.0 Å². The van der Waals surface area contributed by atoms with E-state index in [4.69, 9.17) is 0 Å². The van der Waals surface area contributed by atoms with Crippen LogP contribution in [-0.4, -0.2) is 15.7 Å². The van der Waals surface area contributed by atoms with E-state index >= 15 is 0 Å². The van der Waals surface area contributed by atoms with Crippen LogP contribution in [0.5, 0.6) is 0 Å². The van der Waals surface area contributed by atoms with Gasteiger partial charge in [-0.15, -0.1) is 0 Å². The SMILES string of the molecule is O=C(c1c[nH]c2ccc([N+](=O)[O-])cc12)C1C2CCCCC21. The number of aromatic amines is 1. The van der Waals surface area contributed by atoms with Crippen LogP contribution in [0.15, 0.2) is 24.4 Å². The number of non-ortho nitro benzene ring substituents is 1. The second kappa shape index (κ2) is 4.41. The zero-order chi connectivity index (χ0) is 14.6. The molecule has 2 saturated carbocycles. The molecule has 2 unspecified atom stereocenters. The molecule has 0 spiro atoms. The molecule has 0 aliphatic heterocycles. The number of H-pyrrole nitrogens is 1. The first kappa shape index (κ1) is 12.6. The van der Waals surface area contributed by atoms with Crippen LogP contribution in [0.4, 0.5) is 5.69 Å². The van der Waals surface area contributed by atoms with Crippen LogP contribution < -0.4 is 0 Å². The molecule has 5 nitrogen and oxygen atoms in total. The van der Waals surface area contributed by atoms with E-state index < -0.39 is 4.92 Å². The van der Waals surface area contributed by atoms with Gasteiger partial charge in [0, 0.05) is 40.7 Å². The number of hydrogen-bond acceptors (Lipinski definition) is 3. The number of Topliss-reactive ketones (excluding diaryl/α,β-unsaturated/α-hetero) is 1. The Balaban J connectivity index is 1.71. The number of benzene rings is 1. The maximum absolute atomic E-state index is 12.7. The molecule has 0 amide bonds. The standard InChI is InChI=1S/C16H16N2O3/c19-16(15-10-3-1-2-4-11(10)15)13-8-17-14-6-5-9(18(20)21)7-12(13)14/h5-8,10-11,15,17H,1-4H2. The van der Waals surface area contributed by atoms with Gasteiger partial charge in [-0.1, -0.05) is 12.8 Å². The summed E-state index contributed by atoms with van der Waals surface area (Å²) in [5.74, 6) is 1.41. The minimum Gasteiger partial charge on any atom is -0.360 e. The van der Waals surface area contributed by atoms with Gasteiger partial charge in [0.25, 0.3) is 5.69 Å². The van der Waals surface area contributed by atoms with Crippen molar-refractivity contribution >= 4 is 22.4 Å². The Kier molecular flexibility index (Phi) is 2.64. The molecular weight excluding hydrogens is 268 g/mol. The number of nitrogens with one attached hydrogen (secondary N) is 1. The predicted molar refractivity (Wildman–Crippen MR) is 78.2 cm³/mol. The van der Waals surface area contributed by atoms with Gasteiger partial charge in [-0.2, -0.15) is 0 Å². The fourth-order valence-corrected chi connectivity index (χ4v) is 3.99. The smallest absolute Gasteiger partial charge is 0.270 e. The highest BCUT2D eigenvalue weighted by Crippen LogP contribution is 2.56. The first-order valence-electron chi connectivity index (χ1n) is 7.46. The van der Waals surface area contributed by atoms with Crippen molar-refractivity contribution in [2.45, 2.75) is 25.7 Å². The van der Waals surface area contributed by atoms with E-state index in [0.29, 0.717) is 22.8 Å². The average Bonchev–Trinajstić information content (AvgIpc) is 3.07. The monoisotopic (exact) mass is 284 g/mol. The van der Waals surface area contributed by atoms with Gasteiger partial charge in [0.15, 0.2) is 5.78 Å². The third kappa shape index (κ3) is 1.87. The molecule has 0 bridgehead atoms. The van der Waals surface area contributed by atoms with Crippen LogP contribution >= 0.6 is 0 Å². The normalized spacial score (nSPS) is 27.3. The summed E-state index contributed by atoms with van der Waals surface area (Å²) in [4.78, 5) is 26.3. The topological polar surface area (TPSA) is 76.0 Å². The molecule has 1 N–H and O–H groups in total. The summed E-state index contributed by atoms with van der Waals surface area (Å²) in [6.07, 6.45) is 6.48. The van der Waals surface area contributed by atoms with Gasteiger partial charge in [0.2, 0.25) is 0 Å². The predicted octanol–water partition coefficient (Wildman–Crippen LogP) is 3.70. The summed E-state index contributed by atoms with van der Waals surface area (Å²) >= 11 is 0. The summed E-state index contributed by atoms with van der Waals surface area (Å²) in [5.41, 5.74) is 1.44. The Morgan fingerprint density at radius 3 is 2.62 bits per heavy atom. The summed E-state index contributed by atoms with van der Waals surface area (Å²) in [6, 6.07) is 4.64.